The summed E-state index contributed by atoms with van der Waals surface area (Å²) in [5, 5.41) is 3.89. The van der Waals surface area contributed by atoms with Crippen molar-refractivity contribution in [1.82, 2.24) is 30.1 Å². The van der Waals surface area contributed by atoms with Crippen LogP contribution in [-0.4, -0.2) is 74.6 Å². The van der Waals surface area contributed by atoms with E-state index in [-0.39, 0.29) is 17.9 Å². The topological polar surface area (TPSA) is 103 Å². The number of carbonyl (C=O) groups is 2. The van der Waals surface area contributed by atoms with Gasteiger partial charge in [-0.2, -0.15) is 0 Å². The normalized spacial score (nSPS) is 18.9. The second-order valence-electron chi connectivity index (χ2n) is 13.3. The third kappa shape index (κ3) is 7.88. The molecule has 2 aliphatic rings. The van der Waals surface area contributed by atoms with Crippen LogP contribution in [0.5, 0.6) is 0 Å². The number of rotatable bonds is 7. The van der Waals surface area contributed by atoms with Gasteiger partial charge in [-0.15, -0.1) is 0 Å². The Morgan fingerprint density at radius 1 is 1.09 bits per heavy atom. The van der Waals surface area contributed by atoms with Crippen molar-refractivity contribution >= 4 is 39.5 Å². The van der Waals surface area contributed by atoms with Crippen molar-refractivity contribution in [1.29, 1.82) is 0 Å². The van der Waals surface area contributed by atoms with Crippen molar-refractivity contribution in [2.24, 2.45) is 0 Å². The fourth-order valence-electron chi connectivity index (χ4n) is 6.61. The monoisotopic (exact) mass is 718 g/mol. The van der Waals surface area contributed by atoms with Gasteiger partial charge in [-0.05, 0) is 96.4 Å². The van der Waals surface area contributed by atoms with Crippen LogP contribution in [0.4, 0.5) is 4.79 Å². The standard InChI is InChI=1S/C36H40BrClN6O3/c1-36(2,3)47-35(46)44-14-13-43(33-29-12-11-28(38)17-24(29)9-10-25-16-27(37)19-40-32(25)33)21-31(44)34(45)41-18-26(30-20-39-22-42-30)15-23-7-5-4-6-8-23/h4-8,11-12,16-17,19-20,22,26,31,33H,9-10,13-15,18,21H2,1-3H3,(H,39,42)(H,41,45)/t26?,31-,33?/m1/s1. The second kappa shape index (κ2) is 14.2. The van der Waals surface area contributed by atoms with Gasteiger partial charge in [-0.3, -0.25) is 19.6 Å². The van der Waals surface area contributed by atoms with Crippen molar-refractivity contribution in [3.8, 4) is 0 Å². The summed E-state index contributed by atoms with van der Waals surface area (Å²) in [4.78, 5) is 44.0. The van der Waals surface area contributed by atoms with Gasteiger partial charge < -0.3 is 15.0 Å². The molecule has 2 unspecified atom stereocenters. The number of imidazole rings is 1. The summed E-state index contributed by atoms with van der Waals surface area (Å²) in [5.74, 6) is -0.265. The molecule has 246 valence electrons. The SMILES string of the molecule is CC(C)(C)OC(=O)N1CCN(C2c3ccc(Cl)cc3CCc3cc(Br)cnc32)C[C@@H]1C(=O)NCC(Cc1ccccc1)c1cnc[nH]1. The molecule has 1 saturated heterocycles. The smallest absolute Gasteiger partial charge is 0.411 e. The minimum atomic E-state index is -0.782. The molecule has 3 atom stereocenters. The van der Waals surface area contributed by atoms with Gasteiger partial charge in [0.2, 0.25) is 5.91 Å². The number of aromatic nitrogens is 3. The lowest BCUT2D eigenvalue weighted by atomic mass is 9.94. The van der Waals surface area contributed by atoms with E-state index in [0.717, 1.165) is 57.4 Å². The molecule has 1 aliphatic heterocycles. The van der Waals surface area contributed by atoms with E-state index >= 15 is 0 Å². The van der Waals surface area contributed by atoms with Crippen LogP contribution < -0.4 is 5.32 Å². The molecular formula is C36H40BrClN6O3. The number of aromatic amines is 1. The van der Waals surface area contributed by atoms with Crippen LogP contribution in [0.15, 0.2) is 77.8 Å². The first-order valence-corrected chi connectivity index (χ1v) is 17.2. The number of nitrogens with zero attached hydrogens (tertiary/aromatic N) is 4. The van der Waals surface area contributed by atoms with Gasteiger partial charge in [0, 0.05) is 59.7 Å². The Morgan fingerprint density at radius 3 is 2.62 bits per heavy atom. The van der Waals surface area contributed by atoms with Crippen molar-refractivity contribution in [2.45, 2.75) is 63.6 Å². The predicted molar refractivity (Wildman–Crippen MR) is 185 cm³/mol. The maximum Gasteiger partial charge on any atom is 0.411 e. The largest absolute Gasteiger partial charge is 0.444 e. The number of hydrogen-bond acceptors (Lipinski definition) is 6. The Morgan fingerprint density at radius 2 is 1.87 bits per heavy atom. The number of aryl methyl sites for hydroxylation is 2. The van der Waals surface area contributed by atoms with E-state index in [1.807, 2.05) is 57.3 Å². The summed E-state index contributed by atoms with van der Waals surface area (Å²) in [7, 11) is 0. The van der Waals surface area contributed by atoms with E-state index in [0.29, 0.717) is 31.2 Å². The summed E-state index contributed by atoms with van der Waals surface area (Å²) >= 11 is 10.1. The highest BCUT2D eigenvalue weighted by Crippen LogP contribution is 2.38. The molecule has 2 N–H and O–H groups in total. The fraction of sp³-hybridized carbons (Fsp3) is 0.389. The Kier molecular flexibility index (Phi) is 10.0. The summed E-state index contributed by atoms with van der Waals surface area (Å²) in [5.41, 5.74) is 5.78. The fourth-order valence-corrected chi connectivity index (χ4v) is 7.18. The molecule has 2 aromatic heterocycles. The number of hydrogen-bond donors (Lipinski definition) is 2. The zero-order chi connectivity index (χ0) is 33.1. The van der Waals surface area contributed by atoms with Crippen molar-refractivity contribution in [3.63, 3.8) is 0 Å². The van der Waals surface area contributed by atoms with E-state index in [9.17, 15) is 9.59 Å². The molecule has 0 radical (unpaired) electrons. The second-order valence-corrected chi connectivity index (χ2v) is 14.6. The molecule has 11 heteroatoms. The molecule has 1 aliphatic carbocycles. The average Bonchev–Trinajstić information content (AvgIpc) is 3.53. The van der Waals surface area contributed by atoms with Crippen LogP contribution in [0.2, 0.25) is 5.02 Å². The Labute approximate surface area is 289 Å². The van der Waals surface area contributed by atoms with Crippen LogP contribution in [0.25, 0.3) is 0 Å². The molecule has 4 aromatic rings. The number of piperazine rings is 1. The molecule has 3 heterocycles. The molecule has 47 heavy (non-hydrogen) atoms. The number of amides is 2. The number of pyridine rings is 1. The van der Waals surface area contributed by atoms with Crippen molar-refractivity contribution in [3.05, 3.63) is 116 Å². The Bertz CT molecular complexity index is 1660. The number of ether oxygens (including phenoxy) is 1. The van der Waals surface area contributed by atoms with E-state index < -0.39 is 17.7 Å². The number of benzene rings is 2. The van der Waals surface area contributed by atoms with E-state index in [2.05, 4.69) is 60.4 Å². The first kappa shape index (κ1) is 33.2. The zero-order valence-electron chi connectivity index (χ0n) is 26.9. The quantitative estimate of drug-likeness (QED) is 0.227. The van der Waals surface area contributed by atoms with Gasteiger partial charge in [0.15, 0.2) is 0 Å². The van der Waals surface area contributed by atoms with E-state index in [1.54, 1.807) is 17.4 Å². The lowest BCUT2D eigenvalue weighted by Gasteiger charge is -2.44. The van der Waals surface area contributed by atoms with Crippen LogP contribution in [0, 0.1) is 0 Å². The molecule has 1 fully saturated rings. The van der Waals surface area contributed by atoms with Crippen molar-refractivity contribution < 1.29 is 14.3 Å². The molecule has 0 bridgehead atoms. The summed E-state index contributed by atoms with van der Waals surface area (Å²) in [6, 6.07) is 17.3. The number of nitrogens with one attached hydrogen (secondary N) is 2. The zero-order valence-corrected chi connectivity index (χ0v) is 29.2. The summed E-state index contributed by atoms with van der Waals surface area (Å²) in [6.07, 6.45) is 7.15. The predicted octanol–water partition coefficient (Wildman–Crippen LogP) is 6.47. The van der Waals surface area contributed by atoms with Gasteiger partial charge in [-0.25, -0.2) is 9.78 Å². The molecular weight excluding hydrogens is 680 g/mol. The highest BCUT2D eigenvalue weighted by molar-refractivity contribution is 9.10. The lowest BCUT2D eigenvalue weighted by molar-refractivity contribution is -0.129. The minimum Gasteiger partial charge on any atom is -0.444 e. The molecule has 2 amide bonds. The van der Waals surface area contributed by atoms with E-state index in [1.165, 1.54) is 0 Å². The maximum absolute atomic E-state index is 14.2. The number of H-pyrrole nitrogens is 1. The number of carbonyl (C=O) groups excluding carboxylic acids is 2. The third-order valence-corrected chi connectivity index (χ3v) is 9.47. The maximum atomic E-state index is 14.2. The van der Waals surface area contributed by atoms with Gasteiger partial charge >= 0.3 is 6.09 Å². The minimum absolute atomic E-state index is 0.0356. The third-order valence-electron chi connectivity index (χ3n) is 8.80. The first-order chi connectivity index (χ1) is 22.6. The van der Waals surface area contributed by atoms with Crippen LogP contribution >= 0.6 is 27.5 Å². The number of halogens is 2. The van der Waals surface area contributed by atoms with Gasteiger partial charge in [0.25, 0.3) is 0 Å². The highest BCUT2D eigenvalue weighted by atomic mass is 79.9. The lowest BCUT2D eigenvalue weighted by Crippen LogP contribution is -2.62. The Balaban J connectivity index is 1.30. The van der Waals surface area contributed by atoms with Gasteiger partial charge in [0.05, 0.1) is 18.1 Å². The average molecular weight is 720 g/mol. The molecule has 0 saturated carbocycles. The molecule has 9 nitrogen and oxygen atoms in total. The summed E-state index contributed by atoms with van der Waals surface area (Å²) in [6.45, 7) is 7.06. The van der Waals surface area contributed by atoms with Crippen molar-refractivity contribution in [2.75, 3.05) is 26.2 Å². The van der Waals surface area contributed by atoms with Crippen LogP contribution in [0.3, 0.4) is 0 Å². The highest BCUT2D eigenvalue weighted by Gasteiger charge is 2.42. The number of fused-ring (bicyclic) bond motifs is 2. The summed E-state index contributed by atoms with van der Waals surface area (Å²) < 4.78 is 6.73. The van der Waals surface area contributed by atoms with Crippen LogP contribution in [0.1, 0.15) is 66.4 Å². The van der Waals surface area contributed by atoms with Gasteiger partial charge in [0.1, 0.15) is 11.6 Å². The van der Waals surface area contributed by atoms with Gasteiger partial charge in [-0.1, -0.05) is 48.0 Å². The molecule has 6 rings (SSSR count). The Hall–Kier alpha value is -3.73. The van der Waals surface area contributed by atoms with E-state index in [4.69, 9.17) is 21.3 Å². The molecule has 0 spiro atoms. The van der Waals surface area contributed by atoms with Crippen LogP contribution in [-0.2, 0) is 28.8 Å². The first-order valence-electron chi connectivity index (χ1n) is 16.0. The molecule has 2 aromatic carbocycles.